The molecule has 1 aliphatic heterocycles. The molecule has 0 aliphatic carbocycles. The van der Waals surface area contributed by atoms with Gasteiger partial charge in [0.15, 0.2) is 0 Å². The summed E-state index contributed by atoms with van der Waals surface area (Å²) in [6, 6.07) is 5.17. The highest BCUT2D eigenvalue weighted by Gasteiger charge is 2.17. The summed E-state index contributed by atoms with van der Waals surface area (Å²) >= 11 is 12.1. The first-order chi connectivity index (χ1) is 10.1. The van der Waals surface area contributed by atoms with Crippen molar-refractivity contribution in [3.63, 3.8) is 0 Å². The van der Waals surface area contributed by atoms with Crippen LogP contribution in [0, 0.1) is 5.92 Å². The lowest BCUT2D eigenvalue weighted by Gasteiger charge is -2.27. The molecule has 1 aromatic rings. The van der Waals surface area contributed by atoms with Crippen molar-refractivity contribution >= 4 is 34.8 Å². The zero-order valence-corrected chi connectivity index (χ0v) is 13.7. The van der Waals surface area contributed by atoms with Crippen molar-refractivity contribution in [3.8, 4) is 0 Å². The van der Waals surface area contributed by atoms with E-state index in [1.54, 1.807) is 18.2 Å². The molecular formula is C15H21Cl2N3O. The van der Waals surface area contributed by atoms with Crippen LogP contribution in [-0.2, 0) is 4.79 Å². The Labute approximate surface area is 135 Å². The standard InChI is InChI=1S/C15H21Cl2N3O/c1-20(9-11-5-7-18-8-6-11)10-14(21)19-15-12(16)3-2-4-13(15)17/h2-4,11,18H,5-10H2,1H3,(H,19,21). The van der Waals surface area contributed by atoms with Crippen LogP contribution in [0.2, 0.25) is 10.0 Å². The Balaban J connectivity index is 1.83. The molecule has 0 radical (unpaired) electrons. The Hall–Kier alpha value is -0.810. The van der Waals surface area contributed by atoms with E-state index in [-0.39, 0.29) is 5.91 Å². The number of benzene rings is 1. The highest BCUT2D eigenvalue weighted by atomic mass is 35.5. The third kappa shape index (κ3) is 5.15. The lowest BCUT2D eigenvalue weighted by Crippen LogP contribution is -2.37. The highest BCUT2D eigenvalue weighted by Crippen LogP contribution is 2.29. The Bertz CT molecular complexity index is 470. The number of rotatable bonds is 5. The molecule has 1 aliphatic rings. The lowest BCUT2D eigenvalue weighted by atomic mass is 9.98. The normalized spacial score (nSPS) is 16.2. The number of halogens is 2. The zero-order chi connectivity index (χ0) is 15.2. The zero-order valence-electron chi connectivity index (χ0n) is 12.2. The average molecular weight is 330 g/mol. The van der Waals surface area contributed by atoms with E-state index in [4.69, 9.17) is 23.2 Å². The van der Waals surface area contributed by atoms with Crippen LogP contribution in [0.4, 0.5) is 5.69 Å². The van der Waals surface area contributed by atoms with Crippen LogP contribution in [0.15, 0.2) is 18.2 Å². The smallest absolute Gasteiger partial charge is 0.238 e. The number of para-hydroxylation sites is 1. The van der Waals surface area contributed by atoms with Crippen molar-refractivity contribution in [3.05, 3.63) is 28.2 Å². The summed E-state index contributed by atoms with van der Waals surface area (Å²) in [4.78, 5) is 14.1. The number of piperidine rings is 1. The monoisotopic (exact) mass is 329 g/mol. The topological polar surface area (TPSA) is 44.4 Å². The van der Waals surface area contributed by atoms with E-state index in [0.717, 1.165) is 19.6 Å². The Morgan fingerprint density at radius 1 is 1.33 bits per heavy atom. The number of carbonyl (C=O) groups is 1. The molecule has 4 nitrogen and oxygen atoms in total. The second-order valence-corrected chi connectivity index (χ2v) is 6.35. The maximum absolute atomic E-state index is 12.1. The molecule has 0 aromatic heterocycles. The molecule has 1 heterocycles. The summed E-state index contributed by atoms with van der Waals surface area (Å²) in [6.45, 7) is 3.41. The molecular weight excluding hydrogens is 309 g/mol. The van der Waals surface area contributed by atoms with E-state index in [0.29, 0.717) is 28.2 Å². The van der Waals surface area contributed by atoms with Gasteiger partial charge in [-0.15, -0.1) is 0 Å². The fraction of sp³-hybridized carbons (Fsp3) is 0.533. The number of nitrogens with one attached hydrogen (secondary N) is 2. The van der Waals surface area contributed by atoms with E-state index < -0.39 is 0 Å². The Kier molecular flexibility index (Phi) is 6.30. The van der Waals surface area contributed by atoms with Gasteiger partial charge >= 0.3 is 0 Å². The van der Waals surface area contributed by atoms with Crippen LogP contribution in [0.5, 0.6) is 0 Å². The summed E-state index contributed by atoms with van der Waals surface area (Å²) in [5.74, 6) is 0.564. The van der Waals surface area contributed by atoms with Gasteiger partial charge < -0.3 is 10.6 Å². The van der Waals surface area contributed by atoms with E-state index in [1.165, 1.54) is 12.8 Å². The lowest BCUT2D eigenvalue weighted by molar-refractivity contribution is -0.117. The van der Waals surface area contributed by atoms with Crippen LogP contribution in [0.1, 0.15) is 12.8 Å². The molecule has 0 spiro atoms. The molecule has 21 heavy (non-hydrogen) atoms. The maximum atomic E-state index is 12.1. The first-order valence-electron chi connectivity index (χ1n) is 7.19. The van der Waals surface area contributed by atoms with Crippen LogP contribution < -0.4 is 10.6 Å². The molecule has 0 atom stereocenters. The molecule has 0 bridgehead atoms. The minimum Gasteiger partial charge on any atom is -0.322 e. The van der Waals surface area contributed by atoms with Gasteiger partial charge in [0.2, 0.25) is 5.91 Å². The van der Waals surface area contributed by atoms with Gasteiger partial charge in [-0.2, -0.15) is 0 Å². The first-order valence-corrected chi connectivity index (χ1v) is 7.95. The number of hydrogen-bond acceptors (Lipinski definition) is 3. The van der Waals surface area contributed by atoms with E-state index >= 15 is 0 Å². The van der Waals surface area contributed by atoms with Gasteiger partial charge in [-0.25, -0.2) is 0 Å². The van der Waals surface area contributed by atoms with Crippen molar-refractivity contribution in [2.75, 3.05) is 38.5 Å². The fourth-order valence-corrected chi connectivity index (χ4v) is 3.10. The van der Waals surface area contributed by atoms with Gasteiger partial charge in [-0.3, -0.25) is 9.69 Å². The molecule has 6 heteroatoms. The van der Waals surface area contributed by atoms with Crippen LogP contribution in [0.3, 0.4) is 0 Å². The van der Waals surface area contributed by atoms with Gasteiger partial charge in [-0.1, -0.05) is 29.3 Å². The number of likely N-dealkylation sites (N-methyl/N-ethyl adjacent to an activating group) is 1. The quantitative estimate of drug-likeness (QED) is 0.873. The fourth-order valence-electron chi connectivity index (χ4n) is 2.61. The molecule has 1 fully saturated rings. The molecule has 0 unspecified atom stereocenters. The minimum atomic E-state index is -0.0959. The Morgan fingerprint density at radius 3 is 2.57 bits per heavy atom. The van der Waals surface area contributed by atoms with Crippen LogP contribution in [-0.4, -0.2) is 44.0 Å². The number of anilines is 1. The number of carbonyl (C=O) groups excluding carboxylic acids is 1. The number of nitrogens with zero attached hydrogens (tertiary/aromatic N) is 1. The number of amides is 1. The Morgan fingerprint density at radius 2 is 1.95 bits per heavy atom. The van der Waals surface area contributed by atoms with Gasteiger partial charge in [0.25, 0.3) is 0 Å². The molecule has 116 valence electrons. The molecule has 2 N–H and O–H groups in total. The summed E-state index contributed by atoms with van der Waals surface area (Å²) in [5, 5.41) is 7.05. The first kappa shape index (κ1) is 16.6. The molecule has 1 amide bonds. The minimum absolute atomic E-state index is 0.0959. The third-order valence-corrected chi connectivity index (χ3v) is 4.30. The van der Waals surface area contributed by atoms with Crippen molar-refractivity contribution in [2.24, 2.45) is 5.92 Å². The van der Waals surface area contributed by atoms with E-state index in [2.05, 4.69) is 15.5 Å². The SMILES string of the molecule is CN(CC(=O)Nc1c(Cl)cccc1Cl)CC1CCNCC1. The van der Waals surface area contributed by atoms with Crippen molar-refractivity contribution in [2.45, 2.75) is 12.8 Å². The van der Waals surface area contributed by atoms with E-state index in [9.17, 15) is 4.79 Å². The maximum Gasteiger partial charge on any atom is 0.238 e. The van der Waals surface area contributed by atoms with Crippen LogP contribution in [0.25, 0.3) is 0 Å². The van der Waals surface area contributed by atoms with Gasteiger partial charge in [0.05, 0.1) is 22.3 Å². The third-order valence-electron chi connectivity index (χ3n) is 3.67. The van der Waals surface area contributed by atoms with Gasteiger partial charge in [0.1, 0.15) is 0 Å². The van der Waals surface area contributed by atoms with Crippen molar-refractivity contribution in [1.29, 1.82) is 0 Å². The summed E-state index contributed by atoms with van der Waals surface area (Å²) in [7, 11) is 1.97. The van der Waals surface area contributed by atoms with E-state index in [1.807, 2.05) is 7.05 Å². The van der Waals surface area contributed by atoms with Gasteiger partial charge in [0, 0.05) is 6.54 Å². The molecule has 1 saturated heterocycles. The second kappa shape index (κ2) is 7.99. The summed E-state index contributed by atoms with van der Waals surface area (Å²) in [5.41, 5.74) is 0.487. The van der Waals surface area contributed by atoms with Crippen molar-refractivity contribution in [1.82, 2.24) is 10.2 Å². The predicted octanol–water partition coefficient (Wildman–Crippen LogP) is 2.86. The molecule has 0 saturated carbocycles. The summed E-state index contributed by atoms with van der Waals surface area (Å²) < 4.78 is 0. The van der Waals surface area contributed by atoms with Crippen LogP contribution >= 0.6 is 23.2 Å². The number of hydrogen-bond donors (Lipinski definition) is 2. The van der Waals surface area contributed by atoms with Crippen molar-refractivity contribution < 1.29 is 4.79 Å². The summed E-state index contributed by atoms with van der Waals surface area (Å²) in [6.07, 6.45) is 2.34. The predicted molar refractivity (Wildman–Crippen MR) is 88.2 cm³/mol. The average Bonchev–Trinajstić information content (AvgIpc) is 2.44. The largest absolute Gasteiger partial charge is 0.322 e. The van der Waals surface area contributed by atoms with Gasteiger partial charge in [-0.05, 0) is 51.0 Å². The second-order valence-electron chi connectivity index (χ2n) is 5.53. The molecule has 1 aromatic carbocycles. The molecule has 2 rings (SSSR count). The highest BCUT2D eigenvalue weighted by molar-refractivity contribution is 6.39.